The highest BCUT2D eigenvalue weighted by molar-refractivity contribution is 6.03. The van der Waals surface area contributed by atoms with Gasteiger partial charge in [-0.3, -0.25) is 9.59 Å². The van der Waals surface area contributed by atoms with Crippen molar-refractivity contribution in [2.45, 2.75) is 20.8 Å². The summed E-state index contributed by atoms with van der Waals surface area (Å²) in [6, 6.07) is 14.0. The van der Waals surface area contributed by atoms with Crippen LogP contribution in [0.3, 0.4) is 0 Å². The number of aromatic nitrogens is 4. The first kappa shape index (κ1) is 21.9. The van der Waals surface area contributed by atoms with Gasteiger partial charge in [0.05, 0.1) is 12.0 Å². The number of piperazine rings is 1. The Morgan fingerprint density at radius 1 is 0.941 bits per heavy atom. The van der Waals surface area contributed by atoms with Gasteiger partial charge in [0.25, 0.3) is 11.5 Å². The Hall–Kier alpha value is -3.94. The van der Waals surface area contributed by atoms with Crippen LogP contribution in [-0.4, -0.2) is 56.3 Å². The number of nitrogens with zero attached hydrogens (tertiary/aromatic N) is 6. The molecule has 1 aliphatic rings. The largest absolute Gasteiger partial charge is 0.368 e. The van der Waals surface area contributed by atoms with E-state index < -0.39 is 0 Å². The van der Waals surface area contributed by atoms with Crippen molar-refractivity contribution in [3.63, 3.8) is 0 Å². The molecule has 34 heavy (non-hydrogen) atoms. The van der Waals surface area contributed by atoms with Crippen LogP contribution >= 0.6 is 0 Å². The lowest BCUT2D eigenvalue weighted by Crippen LogP contribution is -2.49. The van der Waals surface area contributed by atoms with Gasteiger partial charge in [-0.2, -0.15) is 5.10 Å². The third-order valence-electron chi connectivity index (χ3n) is 6.71. The molecule has 0 radical (unpaired) electrons. The number of hydrogen-bond donors (Lipinski definition) is 0. The van der Waals surface area contributed by atoms with Crippen LogP contribution < -0.4 is 10.5 Å². The smallest absolute Gasteiger partial charge is 0.279 e. The lowest BCUT2D eigenvalue weighted by Gasteiger charge is -2.36. The molecule has 0 unspecified atom stereocenters. The first-order valence-corrected chi connectivity index (χ1v) is 11.5. The van der Waals surface area contributed by atoms with Crippen LogP contribution in [0.2, 0.25) is 0 Å². The molecule has 1 saturated heterocycles. The van der Waals surface area contributed by atoms with E-state index in [1.165, 1.54) is 27.7 Å². The number of carbonyl (C=O) groups excluding carboxylic acids is 1. The summed E-state index contributed by atoms with van der Waals surface area (Å²) in [7, 11) is 1.65. The van der Waals surface area contributed by atoms with E-state index in [4.69, 9.17) is 0 Å². The Labute approximate surface area is 198 Å². The molecule has 0 spiro atoms. The second-order valence-corrected chi connectivity index (χ2v) is 8.95. The van der Waals surface area contributed by atoms with Crippen LogP contribution in [0.1, 0.15) is 27.2 Å². The summed E-state index contributed by atoms with van der Waals surface area (Å²) in [6.45, 7) is 8.89. The third kappa shape index (κ3) is 3.65. The molecule has 1 aliphatic heterocycles. The highest BCUT2D eigenvalue weighted by atomic mass is 16.2. The quantitative estimate of drug-likeness (QED) is 0.474. The Morgan fingerprint density at radius 2 is 1.65 bits per heavy atom. The van der Waals surface area contributed by atoms with Gasteiger partial charge in [0.2, 0.25) is 0 Å². The molecule has 0 N–H and O–H groups in total. The summed E-state index contributed by atoms with van der Waals surface area (Å²) in [5.74, 6) is -0.197. The van der Waals surface area contributed by atoms with Gasteiger partial charge in [-0.05, 0) is 50.1 Å². The van der Waals surface area contributed by atoms with Gasteiger partial charge in [-0.1, -0.05) is 29.8 Å². The predicted molar refractivity (Wildman–Crippen MR) is 133 cm³/mol. The standard InChI is InChI=1S/C26H28N6O2/c1-17-8-10-20(11-9-17)32-24-22(27-16-29(4)26(24)34)23(28-32)25(33)31-14-12-30(13-15-31)21-7-5-6-18(2)19(21)3/h5-11,16H,12-15H2,1-4H3. The molecule has 8 heteroatoms. The van der Waals surface area contributed by atoms with Crippen LogP contribution in [0.4, 0.5) is 5.69 Å². The van der Waals surface area contributed by atoms with Crippen LogP contribution in [0.5, 0.6) is 0 Å². The van der Waals surface area contributed by atoms with Gasteiger partial charge >= 0.3 is 0 Å². The Morgan fingerprint density at radius 3 is 2.35 bits per heavy atom. The Balaban J connectivity index is 1.47. The van der Waals surface area contributed by atoms with E-state index in [9.17, 15) is 9.59 Å². The normalized spacial score (nSPS) is 14.1. The number of anilines is 1. The fourth-order valence-electron chi connectivity index (χ4n) is 4.48. The molecule has 0 aliphatic carbocycles. The van der Waals surface area contributed by atoms with Gasteiger partial charge in [0.15, 0.2) is 11.2 Å². The van der Waals surface area contributed by atoms with Gasteiger partial charge in [0.1, 0.15) is 5.52 Å². The minimum atomic E-state index is -0.239. The first-order valence-electron chi connectivity index (χ1n) is 11.5. The van der Waals surface area contributed by atoms with Crippen molar-refractivity contribution in [3.8, 4) is 5.69 Å². The van der Waals surface area contributed by atoms with E-state index in [-0.39, 0.29) is 17.2 Å². The lowest BCUT2D eigenvalue weighted by atomic mass is 10.1. The van der Waals surface area contributed by atoms with Crippen molar-refractivity contribution < 1.29 is 4.79 Å². The summed E-state index contributed by atoms with van der Waals surface area (Å²) in [4.78, 5) is 35.1. The molecule has 5 rings (SSSR count). The molecule has 2 aromatic carbocycles. The lowest BCUT2D eigenvalue weighted by molar-refractivity contribution is 0.0742. The molecule has 8 nitrogen and oxygen atoms in total. The minimum absolute atomic E-state index is 0.197. The summed E-state index contributed by atoms with van der Waals surface area (Å²) >= 11 is 0. The van der Waals surface area contributed by atoms with Crippen molar-refractivity contribution in [2.24, 2.45) is 7.05 Å². The summed E-state index contributed by atoms with van der Waals surface area (Å²) < 4.78 is 2.95. The van der Waals surface area contributed by atoms with E-state index >= 15 is 0 Å². The summed E-state index contributed by atoms with van der Waals surface area (Å²) in [6.07, 6.45) is 1.45. The van der Waals surface area contributed by atoms with Gasteiger partial charge in [-0.15, -0.1) is 0 Å². The van der Waals surface area contributed by atoms with Crippen molar-refractivity contribution in [1.82, 2.24) is 24.2 Å². The molecular weight excluding hydrogens is 428 g/mol. The highest BCUT2D eigenvalue weighted by Gasteiger charge is 2.29. The van der Waals surface area contributed by atoms with Gasteiger partial charge in [-0.25, -0.2) is 9.67 Å². The van der Waals surface area contributed by atoms with Gasteiger partial charge < -0.3 is 14.4 Å². The molecule has 0 saturated carbocycles. The second kappa shape index (κ2) is 8.44. The van der Waals surface area contributed by atoms with Crippen LogP contribution in [-0.2, 0) is 7.05 Å². The summed E-state index contributed by atoms with van der Waals surface area (Å²) in [5.41, 5.74) is 6.19. The van der Waals surface area contributed by atoms with Crippen molar-refractivity contribution >= 4 is 22.6 Å². The monoisotopic (exact) mass is 456 g/mol. The molecule has 1 fully saturated rings. The molecule has 1 amide bonds. The second-order valence-electron chi connectivity index (χ2n) is 8.95. The Bertz CT molecular complexity index is 1440. The Kier molecular flexibility index (Phi) is 5.43. The summed E-state index contributed by atoms with van der Waals surface area (Å²) in [5, 5.41) is 4.61. The zero-order chi connectivity index (χ0) is 24.0. The van der Waals surface area contributed by atoms with Crippen LogP contribution in [0.15, 0.2) is 53.6 Å². The maximum Gasteiger partial charge on any atom is 0.279 e. The maximum atomic E-state index is 13.6. The number of hydrogen-bond acceptors (Lipinski definition) is 5. The molecule has 4 aromatic rings. The average Bonchev–Trinajstić information content (AvgIpc) is 3.23. The van der Waals surface area contributed by atoms with Crippen LogP contribution in [0, 0.1) is 20.8 Å². The van der Waals surface area contributed by atoms with Crippen molar-refractivity contribution in [3.05, 3.63) is 81.5 Å². The highest BCUT2D eigenvalue weighted by Crippen LogP contribution is 2.25. The maximum absolute atomic E-state index is 13.6. The molecule has 174 valence electrons. The molecule has 3 heterocycles. The van der Waals surface area contributed by atoms with E-state index in [2.05, 4.69) is 47.0 Å². The number of fused-ring (bicyclic) bond motifs is 1. The number of carbonyl (C=O) groups is 1. The number of rotatable bonds is 3. The topological polar surface area (TPSA) is 76.3 Å². The fraction of sp³-hybridized carbons (Fsp3) is 0.308. The SMILES string of the molecule is Cc1ccc(-n2nc(C(=O)N3CCN(c4cccc(C)c4C)CC3)c3ncn(C)c(=O)c32)cc1. The van der Waals surface area contributed by atoms with E-state index in [0.717, 1.165) is 24.3 Å². The number of amides is 1. The average molecular weight is 457 g/mol. The molecule has 2 aromatic heterocycles. The van der Waals surface area contributed by atoms with Crippen molar-refractivity contribution in [1.29, 1.82) is 0 Å². The van der Waals surface area contributed by atoms with E-state index in [1.807, 2.05) is 36.1 Å². The van der Waals surface area contributed by atoms with E-state index in [0.29, 0.717) is 24.1 Å². The molecule has 0 atom stereocenters. The van der Waals surface area contributed by atoms with Crippen LogP contribution in [0.25, 0.3) is 16.7 Å². The minimum Gasteiger partial charge on any atom is -0.368 e. The van der Waals surface area contributed by atoms with E-state index in [1.54, 1.807) is 11.7 Å². The fourth-order valence-corrected chi connectivity index (χ4v) is 4.48. The zero-order valence-electron chi connectivity index (χ0n) is 19.9. The number of benzene rings is 2. The van der Waals surface area contributed by atoms with Gasteiger partial charge in [0, 0.05) is 38.9 Å². The first-order chi connectivity index (χ1) is 16.3. The predicted octanol–water partition coefficient (Wildman–Crippen LogP) is 3.01. The van der Waals surface area contributed by atoms with Crippen molar-refractivity contribution in [2.75, 3.05) is 31.1 Å². The third-order valence-corrected chi connectivity index (χ3v) is 6.71. The molecular formula is C26H28N6O2. The zero-order valence-corrected chi connectivity index (χ0v) is 19.9. The number of aryl methyl sites for hydroxylation is 3. The molecule has 0 bridgehead atoms.